The number of carbonyl (C=O) groups is 6. The summed E-state index contributed by atoms with van der Waals surface area (Å²) >= 11 is 4.14. The van der Waals surface area contributed by atoms with Crippen LogP contribution in [-0.2, 0) is 33.5 Å². The topological polar surface area (TPSA) is 147 Å². The van der Waals surface area contributed by atoms with Crippen molar-refractivity contribution in [2.75, 3.05) is 17.7 Å². The van der Waals surface area contributed by atoms with Gasteiger partial charge in [0.1, 0.15) is 35.9 Å². The Balaban J connectivity index is 2.07. The van der Waals surface area contributed by atoms with E-state index < -0.39 is 41.6 Å². The molecule has 2 rings (SSSR count). The van der Waals surface area contributed by atoms with Gasteiger partial charge in [0.05, 0.1) is 11.8 Å². The highest BCUT2D eigenvalue weighted by atomic mass is 79.9. The monoisotopic (exact) mass is 476 g/mol. The lowest BCUT2D eigenvalue weighted by Crippen LogP contribution is -2.70. The number of carbonyl (C=O) groups excluding carboxylic acids is 5. The Morgan fingerprint density at radius 2 is 1.96 bits per heavy atom. The molecule has 0 aliphatic carbocycles. The molecule has 2 aliphatic heterocycles. The molecule has 1 fully saturated rings. The Hall–Kier alpha value is -2.21. The van der Waals surface area contributed by atoms with Crippen molar-refractivity contribution < 1.29 is 38.6 Å². The second kappa shape index (κ2) is 9.32. The number of fused-ring (bicyclic) bond motifs is 1. The highest BCUT2D eigenvalue weighted by molar-refractivity contribution is 9.09. The number of hydrogen-bond acceptors (Lipinski definition) is 8. The molecule has 2 amide bonds. The van der Waals surface area contributed by atoms with Crippen LogP contribution in [-0.4, -0.2) is 74.4 Å². The van der Waals surface area contributed by atoms with Crippen LogP contribution in [0.15, 0.2) is 11.3 Å². The zero-order chi connectivity index (χ0) is 21.0. The molecule has 12 heteroatoms. The Morgan fingerprint density at radius 3 is 2.54 bits per heavy atom. The molecule has 28 heavy (non-hydrogen) atoms. The molecule has 1 saturated heterocycles. The number of nitrogens with one attached hydrogen (secondary N) is 1. The molecule has 0 spiro atoms. The van der Waals surface area contributed by atoms with E-state index in [1.807, 2.05) is 0 Å². The van der Waals surface area contributed by atoms with Gasteiger partial charge in [-0.2, -0.15) is 0 Å². The van der Waals surface area contributed by atoms with Crippen LogP contribution in [0, 0.1) is 0 Å². The molecule has 0 aromatic heterocycles. The number of aliphatic carboxylic acids is 1. The van der Waals surface area contributed by atoms with Gasteiger partial charge in [-0.15, -0.1) is 11.8 Å². The average Bonchev–Trinajstić information content (AvgIpc) is 2.62. The van der Waals surface area contributed by atoms with Gasteiger partial charge in [-0.3, -0.25) is 28.9 Å². The second-order valence-electron chi connectivity index (χ2n) is 6.10. The molecule has 0 bridgehead atoms. The SMILES string of the molecule is CC(=O)CC(=O)OCC1=C(C(=O)O)N2C(=O)[C@@H](NC(=O)CC(=O)CBr)[C@@H]2SC1. The molecule has 0 saturated carbocycles. The third-order valence-corrected chi connectivity index (χ3v) is 5.84. The van der Waals surface area contributed by atoms with Crippen molar-refractivity contribution in [3.63, 3.8) is 0 Å². The molecule has 10 nitrogen and oxygen atoms in total. The minimum absolute atomic E-state index is 0.0148. The van der Waals surface area contributed by atoms with Crippen LogP contribution in [0.4, 0.5) is 0 Å². The number of carboxylic acids is 1. The predicted octanol–water partition coefficient (Wildman–Crippen LogP) is -0.399. The van der Waals surface area contributed by atoms with E-state index in [1.54, 1.807) is 0 Å². The molecule has 152 valence electrons. The van der Waals surface area contributed by atoms with Gasteiger partial charge in [-0.1, -0.05) is 15.9 Å². The number of amides is 2. The summed E-state index contributed by atoms with van der Waals surface area (Å²) in [5.41, 5.74) is -0.0790. The van der Waals surface area contributed by atoms with Crippen LogP contribution in [0.3, 0.4) is 0 Å². The summed E-state index contributed by atoms with van der Waals surface area (Å²) in [6.07, 6.45) is -0.805. The summed E-state index contributed by atoms with van der Waals surface area (Å²) in [7, 11) is 0. The first-order valence-electron chi connectivity index (χ1n) is 8.07. The molecule has 0 aromatic carbocycles. The maximum absolute atomic E-state index is 12.4. The zero-order valence-corrected chi connectivity index (χ0v) is 17.1. The third-order valence-electron chi connectivity index (χ3n) is 3.87. The second-order valence-corrected chi connectivity index (χ2v) is 7.77. The van der Waals surface area contributed by atoms with Crippen molar-refractivity contribution in [2.24, 2.45) is 0 Å². The molecule has 2 atom stereocenters. The van der Waals surface area contributed by atoms with E-state index in [4.69, 9.17) is 4.74 Å². The van der Waals surface area contributed by atoms with E-state index in [1.165, 1.54) is 18.7 Å². The number of hydrogen-bond donors (Lipinski definition) is 2. The Bertz CT molecular complexity index is 781. The quantitative estimate of drug-likeness (QED) is 0.196. The number of β-lactam (4-membered cyclic amide) rings is 1. The number of thioether (sulfide) groups is 1. The minimum atomic E-state index is -1.37. The van der Waals surface area contributed by atoms with Crippen LogP contribution in [0.2, 0.25) is 0 Å². The fraction of sp³-hybridized carbons (Fsp3) is 0.500. The summed E-state index contributed by atoms with van der Waals surface area (Å²) in [6, 6.07) is -0.934. The fourth-order valence-corrected chi connectivity index (χ4v) is 4.19. The molecular formula is C16H17BrN2O8S. The van der Waals surface area contributed by atoms with E-state index in [-0.39, 0.29) is 46.9 Å². The van der Waals surface area contributed by atoms with E-state index >= 15 is 0 Å². The number of nitrogens with zero attached hydrogens (tertiary/aromatic N) is 1. The molecule has 0 radical (unpaired) electrons. The smallest absolute Gasteiger partial charge is 0.352 e. The van der Waals surface area contributed by atoms with Crippen molar-refractivity contribution in [3.05, 3.63) is 11.3 Å². The number of ketones is 2. The van der Waals surface area contributed by atoms with Crippen LogP contribution in [0.1, 0.15) is 19.8 Å². The van der Waals surface area contributed by atoms with Crippen LogP contribution < -0.4 is 5.32 Å². The van der Waals surface area contributed by atoms with Gasteiger partial charge < -0.3 is 15.2 Å². The van der Waals surface area contributed by atoms with Crippen molar-refractivity contribution in [1.82, 2.24) is 10.2 Å². The third kappa shape index (κ3) is 4.98. The number of ether oxygens (including phenoxy) is 1. The minimum Gasteiger partial charge on any atom is -0.477 e. The number of alkyl halides is 1. The fourth-order valence-electron chi connectivity index (χ4n) is 2.67. The summed E-state index contributed by atoms with van der Waals surface area (Å²) in [5.74, 6) is -3.96. The number of esters is 1. The van der Waals surface area contributed by atoms with Crippen LogP contribution in [0.5, 0.6) is 0 Å². The Labute approximate surface area is 172 Å². The highest BCUT2D eigenvalue weighted by Crippen LogP contribution is 2.40. The zero-order valence-electron chi connectivity index (χ0n) is 14.7. The normalized spacial score (nSPS) is 20.8. The van der Waals surface area contributed by atoms with Crippen molar-refractivity contribution in [1.29, 1.82) is 0 Å². The van der Waals surface area contributed by atoms with Gasteiger partial charge in [0.25, 0.3) is 5.91 Å². The maximum atomic E-state index is 12.4. The Morgan fingerprint density at radius 1 is 1.29 bits per heavy atom. The Kier molecular flexibility index (Phi) is 7.35. The number of rotatable bonds is 9. The van der Waals surface area contributed by atoms with Crippen molar-refractivity contribution >= 4 is 63.0 Å². The lowest BCUT2D eigenvalue weighted by molar-refractivity contribution is -0.151. The summed E-state index contributed by atoms with van der Waals surface area (Å²) in [6.45, 7) is 0.872. The summed E-state index contributed by atoms with van der Waals surface area (Å²) in [4.78, 5) is 70.6. The first kappa shape index (κ1) is 22.1. The van der Waals surface area contributed by atoms with E-state index in [9.17, 15) is 33.9 Å². The van der Waals surface area contributed by atoms with Crippen LogP contribution >= 0.6 is 27.7 Å². The van der Waals surface area contributed by atoms with Gasteiger partial charge in [0.15, 0.2) is 5.78 Å². The largest absolute Gasteiger partial charge is 0.477 e. The first-order chi connectivity index (χ1) is 13.1. The summed E-state index contributed by atoms with van der Waals surface area (Å²) < 4.78 is 4.92. The molecule has 0 unspecified atom stereocenters. The lowest BCUT2D eigenvalue weighted by atomic mass is 10.0. The maximum Gasteiger partial charge on any atom is 0.352 e. The van der Waals surface area contributed by atoms with Gasteiger partial charge in [0, 0.05) is 11.3 Å². The molecule has 2 heterocycles. The summed E-state index contributed by atoms with van der Waals surface area (Å²) in [5, 5.41) is 11.3. The van der Waals surface area contributed by atoms with Crippen LogP contribution in [0.25, 0.3) is 0 Å². The molecule has 0 aromatic rings. The van der Waals surface area contributed by atoms with Crippen molar-refractivity contribution in [2.45, 2.75) is 31.2 Å². The standard InChI is InChI=1S/C16H17BrN2O8S/c1-7(20)2-11(23)27-5-8-6-28-15-12(18-10(22)3-9(21)4-17)14(24)19(15)13(8)16(25)26/h12,15H,2-6H2,1H3,(H,18,22)(H,25,26)/t12-,15+/m1/s1. The molecular weight excluding hydrogens is 460 g/mol. The average molecular weight is 477 g/mol. The first-order valence-corrected chi connectivity index (χ1v) is 10.2. The van der Waals surface area contributed by atoms with Crippen molar-refractivity contribution in [3.8, 4) is 0 Å². The van der Waals surface area contributed by atoms with E-state index in [0.29, 0.717) is 0 Å². The van der Waals surface area contributed by atoms with Gasteiger partial charge in [-0.05, 0) is 6.92 Å². The van der Waals surface area contributed by atoms with E-state index in [0.717, 1.165) is 4.90 Å². The van der Waals surface area contributed by atoms with Gasteiger partial charge in [-0.25, -0.2) is 4.79 Å². The van der Waals surface area contributed by atoms with E-state index in [2.05, 4.69) is 21.2 Å². The predicted molar refractivity (Wildman–Crippen MR) is 99.4 cm³/mol. The lowest BCUT2D eigenvalue weighted by Gasteiger charge is -2.49. The highest BCUT2D eigenvalue weighted by Gasteiger charge is 2.54. The molecule has 2 N–H and O–H groups in total. The number of carboxylic acid groups (broad SMARTS) is 1. The number of halogens is 1. The van der Waals surface area contributed by atoms with Gasteiger partial charge in [0.2, 0.25) is 5.91 Å². The molecule has 2 aliphatic rings. The number of Topliss-reactive ketones (excluding diaryl/α,β-unsaturated/α-hetero) is 2. The van der Waals surface area contributed by atoms with Gasteiger partial charge >= 0.3 is 11.9 Å².